The minimum atomic E-state index is -0.505. The SMILES string of the molecule is CN(C)C/C=C/C(=O)Cl.COC[C@@H](C)Oc1cc2ncnc(Nc3ccc(F)c(Cl)c3)c2cc1CC(=O)/C=C/CN(C)C.COC[C@@H](C)Oc1cc2ncnc(Nc3ccc(F)c(Cl)c3)c2cc1N.Cl.Cl. The predicted molar refractivity (Wildman–Crippen MR) is 286 cm³/mol. The maximum atomic E-state index is 13.6. The lowest BCUT2D eigenvalue weighted by Gasteiger charge is -2.18. The topological polar surface area (TPSA) is 179 Å². The second-order valence-corrected chi connectivity index (χ2v) is 17.1. The van der Waals surface area contributed by atoms with Crippen molar-refractivity contribution < 1.29 is 37.3 Å². The number of halogens is 7. The van der Waals surface area contributed by atoms with Gasteiger partial charge in [0.1, 0.15) is 59.6 Å². The van der Waals surface area contributed by atoms with E-state index in [4.69, 9.17) is 59.5 Å². The number of anilines is 5. The maximum Gasteiger partial charge on any atom is 0.244 e. The Morgan fingerprint density at radius 2 is 1.14 bits per heavy atom. The largest absolute Gasteiger partial charge is 0.488 e. The number of rotatable bonds is 20. The van der Waals surface area contributed by atoms with Gasteiger partial charge in [-0.25, -0.2) is 28.7 Å². The van der Waals surface area contributed by atoms with Crippen LogP contribution in [-0.4, -0.2) is 122 Å². The number of nitrogens with two attached hydrogens (primary N) is 1. The van der Waals surface area contributed by atoms with Crippen LogP contribution < -0.4 is 25.8 Å². The average Bonchev–Trinajstić information content (AvgIpc) is 3.27. The monoisotopic (exact) mass is 1080 g/mol. The van der Waals surface area contributed by atoms with Gasteiger partial charge >= 0.3 is 0 Å². The van der Waals surface area contributed by atoms with Crippen LogP contribution in [0.4, 0.5) is 37.5 Å². The molecule has 0 spiro atoms. The number of nitrogens with zero attached hydrogens (tertiary/aromatic N) is 6. The maximum absolute atomic E-state index is 13.6. The third-order valence-electron chi connectivity index (χ3n) is 9.27. The molecule has 22 heteroatoms. The first-order valence-corrected chi connectivity index (χ1v) is 22.4. The first-order valence-electron chi connectivity index (χ1n) is 21.3. The van der Waals surface area contributed by atoms with Crippen molar-refractivity contribution in [1.29, 1.82) is 0 Å². The van der Waals surface area contributed by atoms with E-state index in [9.17, 15) is 18.4 Å². The van der Waals surface area contributed by atoms with Crippen LogP contribution in [0, 0.1) is 11.6 Å². The number of methoxy groups -OCH3 is 2. The third-order valence-corrected chi connectivity index (χ3v) is 9.97. The number of allylic oxidation sites excluding steroid dienone is 2. The first-order chi connectivity index (χ1) is 32.9. The Balaban J connectivity index is 0.000000414. The summed E-state index contributed by atoms with van der Waals surface area (Å²) < 4.78 is 49.0. The summed E-state index contributed by atoms with van der Waals surface area (Å²) in [7, 11) is 10.9. The van der Waals surface area contributed by atoms with Gasteiger partial charge in [0.05, 0.1) is 40.0 Å². The van der Waals surface area contributed by atoms with Crippen LogP contribution in [0.3, 0.4) is 0 Å². The van der Waals surface area contributed by atoms with Crippen molar-refractivity contribution in [2.24, 2.45) is 0 Å². The van der Waals surface area contributed by atoms with Crippen molar-refractivity contribution in [3.63, 3.8) is 0 Å². The smallest absolute Gasteiger partial charge is 0.244 e. The van der Waals surface area contributed by atoms with E-state index < -0.39 is 16.9 Å². The van der Waals surface area contributed by atoms with Crippen LogP contribution in [0.2, 0.25) is 10.0 Å². The molecule has 4 aromatic carbocycles. The normalized spacial score (nSPS) is 11.8. The van der Waals surface area contributed by atoms with Crippen molar-refractivity contribution in [2.75, 3.05) is 85.1 Å². The first kappa shape index (κ1) is 61.6. The molecule has 0 bridgehead atoms. The van der Waals surface area contributed by atoms with Gasteiger partial charge < -0.3 is 45.1 Å². The number of ether oxygens (including phenoxy) is 4. The molecule has 0 fully saturated rings. The summed E-state index contributed by atoms with van der Waals surface area (Å²) in [4.78, 5) is 43.9. The highest BCUT2D eigenvalue weighted by atomic mass is 35.5. The lowest BCUT2D eigenvalue weighted by atomic mass is 10.0. The van der Waals surface area contributed by atoms with Crippen LogP contribution in [0.5, 0.6) is 11.5 Å². The summed E-state index contributed by atoms with van der Waals surface area (Å²) in [5.74, 6) is 1.07. The minimum absolute atomic E-state index is 0. The molecular weight excluding hydrogens is 1030 g/mol. The van der Waals surface area contributed by atoms with Crippen LogP contribution in [-0.2, 0) is 25.5 Å². The molecule has 2 atom stereocenters. The Labute approximate surface area is 439 Å². The number of nitrogen functional groups attached to an aromatic ring is 1. The fourth-order valence-corrected chi connectivity index (χ4v) is 6.62. The lowest BCUT2D eigenvalue weighted by Crippen LogP contribution is -2.19. The number of hydrogen-bond donors (Lipinski definition) is 3. The van der Waals surface area contributed by atoms with Crippen LogP contribution in [0.15, 0.2) is 97.6 Å². The Hall–Kier alpha value is -5.47. The molecule has 0 radical (unpaired) electrons. The van der Waals surface area contributed by atoms with Crippen molar-refractivity contribution in [3.8, 4) is 11.5 Å². The van der Waals surface area contributed by atoms with Gasteiger partial charge in [0.15, 0.2) is 5.78 Å². The molecule has 4 N–H and O–H groups in total. The quantitative estimate of drug-likeness (QED) is 0.0373. The Kier molecular flexibility index (Phi) is 27.0. The summed E-state index contributed by atoms with van der Waals surface area (Å²) >= 11 is 16.8. The zero-order chi connectivity index (χ0) is 50.6. The molecule has 0 aliphatic rings. The fraction of sp³-hybridized carbons (Fsp3) is 0.306. The zero-order valence-corrected chi connectivity index (χ0v) is 44.2. The molecule has 0 saturated heterocycles. The Morgan fingerprint density at radius 3 is 1.59 bits per heavy atom. The predicted octanol–water partition coefficient (Wildman–Crippen LogP) is 10.7. The number of fused-ring (bicyclic) bond motifs is 2. The number of hydrogen-bond acceptors (Lipinski definition) is 15. The summed E-state index contributed by atoms with van der Waals surface area (Å²) in [6.07, 6.45) is 9.09. The van der Waals surface area contributed by atoms with Gasteiger partial charge in [-0.3, -0.25) is 9.59 Å². The van der Waals surface area contributed by atoms with E-state index in [1.54, 1.807) is 56.7 Å². The summed E-state index contributed by atoms with van der Waals surface area (Å²) in [5.41, 5.74) is 9.73. The van der Waals surface area contributed by atoms with Crippen molar-refractivity contribution in [2.45, 2.75) is 32.5 Å². The summed E-state index contributed by atoms with van der Waals surface area (Å²) in [5, 5.41) is 7.26. The molecule has 0 saturated carbocycles. The Bertz CT molecular complexity index is 2740. The number of nitrogens with one attached hydrogen (secondary N) is 2. The molecule has 15 nitrogen and oxygen atoms in total. The van der Waals surface area contributed by atoms with Gasteiger partial charge in [0, 0.05) is 73.6 Å². The average molecular weight is 1080 g/mol. The molecule has 2 aromatic heterocycles. The standard InChI is InChI=1S/C25H28ClFN4O3.C18H18ClFN4O2.C6H10ClNO.2ClH/c1-16(14-33-4)34-24-13-23-20(11-17(24)10-19(32)6-5-9-31(2)3)25(29-15-28-23)30-18-7-8-22(27)21(26)12-18;1-10(8-25-2)26-17-7-16-12(6-15(17)21)18(23-9-22-16)24-11-3-4-14(20)13(19)5-11;1-8(2)5-3-4-6(7)9;;/h5-8,11-13,15-16H,9-10,14H2,1-4H3,(H,28,29,30);3-7,9-10H,8,21H2,1-2H3,(H,22,23,24);3-4H,5H2,1-2H3;2*1H/b6-5+;;4-3+;;/t16-;10-;;;/m11.../s1. The van der Waals surface area contributed by atoms with E-state index in [-0.39, 0.29) is 59.3 Å². The van der Waals surface area contributed by atoms with E-state index in [2.05, 4.69) is 30.6 Å². The summed E-state index contributed by atoms with van der Waals surface area (Å²) in [6, 6.07) is 15.8. The molecular formula is C49H58Cl5F2N9O6. The Morgan fingerprint density at radius 1 is 0.690 bits per heavy atom. The molecule has 0 unspecified atom stereocenters. The van der Waals surface area contributed by atoms with E-state index in [0.717, 1.165) is 6.54 Å². The molecule has 6 aromatic rings. The van der Waals surface area contributed by atoms with Gasteiger partial charge in [-0.2, -0.15) is 0 Å². The van der Waals surface area contributed by atoms with Gasteiger partial charge in [-0.1, -0.05) is 35.4 Å². The van der Waals surface area contributed by atoms with Crippen LogP contribution in [0.1, 0.15) is 19.4 Å². The number of ketones is 1. The number of benzene rings is 4. The molecule has 2 heterocycles. The second-order valence-electron chi connectivity index (χ2n) is 15.9. The molecule has 6 rings (SSSR count). The minimum Gasteiger partial charge on any atom is -0.488 e. The number of carbonyl (C=O) groups is 2. The molecule has 384 valence electrons. The van der Waals surface area contributed by atoms with Gasteiger partial charge in [0.2, 0.25) is 5.24 Å². The highest BCUT2D eigenvalue weighted by Gasteiger charge is 2.17. The summed E-state index contributed by atoms with van der Waals surface area (Å²) in [6.45, 7) is 6.04. The van der Waals surface area contributed by atoms with Gasteiger partial charge in [-0.05, 0) is 114 Å². The molecule has 71 heavy (non-hydrogen) atoms. The number of carbonyl (C=O) groups excluding carboxylic acids is 2. The number of aromatic nitrogens is 4. The van der Waals surface area contributed by atoms with Gasteiger partial charge in [-0.15, -0.1) is 24.8 Å². The van der Waals surface area contributed by atoms with Crippen molar-refractivity contribution in [1.82, 2.24) is 29.7 Å². The zero-order valence-electron chi connectivity index (χ0n) is 40.3. The van der Waals surface area contributed by atoms with Gasteiger partial charge in [0.25, 0.3) is 0 Å². The van der Waals surface area contributed by atoms with Crippen molar-refractivity contribution >= 4 is 121 Å². The number of likely N-dealkylation sites (N-methyl/N-ethyl adjacent to an activating group) is 2. The highest BCUT2D eigenvalue weighted by molar-refractivity contribution is 6.66. The van der Waals surface area contributed by atoms with E-state index in [1.165, 1.54) is 43.0 Å². The van der Waals surface area contributed by atoms with Crippen molar-refractivity contribution in [3.05, 3.63) is 125 Å². The molecule has 0 aliphatic heterocycles. The molecule has 0 amide bonds. The molecule has 0 aliphatic carbocycles. The highest BCUT2D eigenvalue weighted by Crippen LogP contribution is 2.34. The fourth-order valence-electron chi connectivity index (χ4n) is 6.17. The van der Waals surface area contributed by atoms with E-state index in [1.807, 2.05) is 64.0 Å². The third kappa shape index (κ3) is 20.7. The van der Waals surface area contributed by atoms with E-state index in [0.29, 0.717) is 87.3 Å². The lowest BCUT2D eigenvalue weighted by molar-refractivity contribution is -0.114. The van der Waals surface area contributed by atoms with Crippen LogP contribution >= 0.6 is 59.6 Å². The van der Waals surface area contributed by atoms with Crippen LogP contribution in [0.25, 0.3) is 21.8 Å². The second kappa shape index (κ2) is 31.1. The van der Waals surface area contributed by atoms with E-state index >= 15 is 0 Å².